The predicted molar refractivity (Wildman–Crippen MR) is 101 cm³/mol. The zero-order chi connectivity index (χ0) is 22.4. The van der Waals surface area contributed by atoms with Crippen LogP contribution in [0.5, 0.6) is 0 Å². The van der Waals surface area contributed by atoms with E-state index in [1.165, 1.54) is 6.92 Å². The van der Waals surface area contributed by atoms with Crippen molar-refractivity contribution in [3.8, 4) is 0 Å². The van der Waals surface area contributed by atoms with Crippen molar-refractivity contribution >= 4 is 21.6 Å². The maximum absolute atomic E-state index is 14.0. The van der Waals surface area contributed by atoms with Gasteiger partial charge in [-0.25, -0.2) is 23.5 Å². The van der Waals surface area contributed by atoms with E-state index >= 15 is 0 Å². The second-order valence-corrected chi connectivity index (χ2v) is 8.69. The molecular formula is C17H20F4N6O2S. The number of aromatic nitrogens is 3. The highest BCUT2D eigenvalue weighted by atomic mass is 32.2. The number of nitrogens with zero attached hydrogens (tertiary/aromatic N) is 4. The van der Waals surface area contributed by atoms with Crippen LogP contribution in [0, 0.1) is 12.7 Å². The lowest BCUT2D eigenvalue weighted by molar-refractivity contribution is -0.141. The number of urea groups is 1. The van der Waals surface area contributed by atoms with Crippen LogP contribution < -0.4 is 10.5 Å². The largest absolute Gasteiger partial charge is 0.433 e. The van der Waals surface area contributed by atoms with E-state index in [9.17, 15) is 26.6 Å². The van der Waals surface area contributed by atoms with Crippen LogP contribution in [0.3, 0.4) is 0 Å². The van der Waals surface area contributed by atoms with Crippen LogP contribution in [-0.4, -0.2) is 25.0 Å². The number of carbonyl (C=O) groups excluding carboxylic acids is 1. The number of rotatable bonds is 3. The molecule has 0 bridgehead atoms. The van der Waals surface area contributed by atoms with Gasteiger partial charge in [-0.2, -0.15) is 18.3 Å². The summed E-state index contributed by atoms with van der Waals surface area (Å²) < 4.78 is 71.2. The number of nitrogens with one attached hydrogen (secondary N) is 1. The van der Waals surface area contributed by atoms with Gasteiger partial charge in [-0.15, -0.1) is 4.36 Å². The lowest BCUT2D eigenvalue weighted by Crippen LogP contribution is -2.21. The maximum atomic E-state index is 14.0. The summed E-state index contributed by atoms with van der Waals surface area (Å²) in [5.41, 5.74) is -0.804. The average Bonchev–Trinajstić information content (AvgIpc) is 3.19. The Balaban J connectivity index is 2.05. The van der Waals surface area contributed by atoms with Crippen LogP contribution in [0.25, 0.3) is 0 Å². The third-order valence-corrected chi connectivity index (χ3v) is 6.14. The summed E-state index contributed by atoms with van der Waals surface area (Å²) in [6.45, 7) is 4.90. The van der Waals surface area contributed by atoms with E-state index in [4.69, 9.17) is 5.14 Å². The number of fused-ring (bicyclic) bond motifs is 1. The Morgan fingerprint density at radius 1 is 1.47 bits per heavy atom. The summed E-state index contributed by atoms with van der Waals surface area (Å²) in [6.07, 6.45) is -2.88. The number of amides is 2. The topological polar surface area (TPSA) is 115 Å². The first-order valence-corrected chi connectivity index (χ1v) is 10.6. The van der Waals surface area contributed by atoms with Gasteiger partial charge in [0, 0.05) is 23.4 Å². The van der Waals surface area contributed by atoms with Gasteiger partial charge in [0.05, 0.1) is 11.9 Å². The molecule has 13 heteroatoms. The molecule has 0 saturated carbocycles. The van der Waals surface area contributed by atoms with E-state index in [0.29, 0.717) is 18.4 Å². The molecule has 2 aromatic rings. The van der Waals surface area contributed by atoms with Gasteiger partial charge < -0.3 is 5.32 Å². The fourth-order valence-electron chi connectivity index (χ4n) is 3.44. The molecule has 1 aliphatic rings. The van der Waals surface area contributed by atoms with Crippen LogP contribution in [0.2, 0.25) is 0 Å². The molecule has 1 aliphatic carbocycles. The molecule has 0 fully saturated rings. The van der Waals surface area contributed by atoms with Gasteiger partial charge in [-0.3, -0.25) is 4.68 Å². The first kappa shape index (κ1) is 22.2. The number of alkyl halides is 3. The second kappa shape index (κ2) is 7.61. The summed E-state index contributed by atoms with van der Waals surface area (Å²) >= 11 is 0. The maximum Gasteiger partial charge on any atom is 0.433 e. The molecule has 3 N–H and O–H groups in total. The zero-order valence-electron chi connectivity index (χ0n) is 16.4. The molecule has 30 heavy (non-hydrogen) atoms. The molecule has 0 aliphatic heterocycles. The Morgan fingerprint density at radius 3 is 2.70 bits per heavy atom. The van der Waals surface area contributed by atoms with Gasteiger partial charge in [0.1, 0.15) is 5.69 Å². The summed E-state index contributed by atoms with van der Waals surface area (Å²) in [5.74, 6) is -1.15. The van der Waals surface area contributed by atoms with Crippen molar-refractivity contribution in [2.24, 2.45) is 9.50 Å². The summed E-state index contributed by atoms with van der Waals surface area (Å²) in [5, 5.41) is 10.8. The van der Waals surface area contributed by atoms with E-state index in [0.717, 1.165) is 10.9 Å². The van der Waals surface area contributed by atoms with Crippen molar-refractivity contribution in [3.05, 3.63) is 34.5 Å². The Kier molecular flexibility index (Phi) is 5.62. The molecule has 164 valence electrons. The molecular weight excluding hydrogens is 428 g/mol. The molecule has 0 aromatic carbocycles. The Bertz CT molecular complexity index is 1130. The highest BCUT2D eigenvalue weighted by Gasteiger charge is 2.39. The lowest BCUT2D eigenvalue weighted by Gasteiger charge is -2.19. The van der Waals surface area contributed by atoms with Gasteiger partial charge in [0.15, 0.2) is 15.7 Å². The fourth-order valence-corrected chi connectivity index (χ4v) is 4.37. The normalized spacial score (nSPS) is 18.1. The van der Waals surface area contributed by atoms with Crippen molar-refractivity contribution in [3.63, 3.8) is 0 Å². The first-order chi connectivity index (χ1) is 13.8. The van der Waals surface area contributed by atoms with Crippen LogP contribution in [0.4, 0.5) is 28.0 Å². The van der Waals surface area contributed by atoms with Crippen molar-refractivity contribution in [1.29, 1.82) is 0 Å². The van der Waals surface area contributed by atoms with Crippen LogP contribution in [0.1, 0.15) is 48.7 Å². The molecule has 3 rings (SSSR count). The summed E-state index contributed by atoms with van der Waals surface area (Å²) in [6, 6.07) is -1.27. The quantitative estimate of drug-likeness (QED) is 0.696. The smallest absolute Gasteiger partial charge is 0.305 e. The molecule has 0 radical (unpaired) electrons. The second-order valence-electron chi connectivity index (χ2n) is 6.99. The predicted octanol–water partition coefficient (Wildman–Crippen LogP) is 3.75. The monoisotopic (exact) mass is 448 g/mol. The minimum Gasteiger partial charge on any atom is -0.305 e. The Morgan fingerprint density at radius 2 is 2.13 bits per heavy atom. The minimum absolute atomic E-state index is 0.0964. The van der Waals surface area contributed by atoms with Crippen LogP contribution in [-0.2, 0) is 29.1 Å². The average molecular weight is 448 g/mol. The standard InChI is InChI=1S/C17H20F4N6O2S/c1-4-27-7-10(18)15(25-27)30(22,29)26-16(28)24-13-9(3)14(17(19,20)21)23-11-6-5-8(2)12(11)13/h7-8H,4-6H2,1-3H3,(H3,22,23,24,26,28,29)/t8-,30+/m0/s1. The van der Waals surface area contributed by atoms with Gasteiger partial charge in [-0.1, -0.05) is 6.92 Å². The number of halogens is 4. The molecule has 2 aromatic heterocycles. The van der Waals surface area contributed by atoms with Gasteiger partial charge >= 0.3 is 12.2 Å². The van der Waals surface area contributed by atoms with Gasteiger partial charge in [0.25, 0.3) is 0 Å². The Hall–Kier alpha value is -2.54. The van der Waals surface area contributed by atoms with Crippen molar-refractivity contribution in [1.82, 2.24) is 14.8 Å². The zero-order valence-corrected chi connectivity index (χ0v) is 17.2. The van der Waals surface area contributed by atoms with E-state index < -0.39 is 38.7 Å². The lowest BCUT2D eigenvalue weighted by atomic mass is 9.99. The molecule has 2 heterocycles. The molecule has 2 atom stereocenters. The van der Waals surface area contributed by atoms with E-state index in [1.54, 1.807) is 13.8 Å². The number of hydrogen-bond acceptors (Lipinski definition) is 4. The highest BCUT2D eigenvalue weighted by molar-refractivity contribution is 7.91. The van der Waals surface area contributed by atoms with E-state index in [2.05, 4.69) is 19.8 Å². The first-order valence-electron chi connectivity index (χ1n) is 9.04. The number of anilines is 1. The Labute approximate surface area is 170 Å². The molecule has 0 unspecified atom stereocenters. The van der Waals surface area contributed by atoms with E-state index in [-0.39, 0.29) is 29.4 Å². The number of pyridine rings is 1. The summed E-state index contributed by atoms with van der Waals surface area (Å²) in [7, 11) is -4.06. The third-order valence-electron chi connectivity index (χ3n) is 4.87. The van der Waals surface area contributed by atoms with Crippen molar-refractivity contribution in [2.75, 3.05) is 5.32 Å². The van der Waals surface area contributed by atoms with Crippen molar-refractivity contribution in [2.45, 2.75) is 57.3 Å². The number of carbonyl (C=O) groups is 1. The third kappa shape index (κ3) is 4.03. The number of nitrogens with two attached hydrogens (primary N) is 1. The summed E-state index contributed by atoms with van der Waals surface area (Å²) in [4.78, 5) is 16.2. The number of aryl methyl sites for hydroxylation is 2. The molecule has 8 nitrogen and oxygen atoms in total. The minimum atomic E-state index is -4.72. The van der Waals surface area contributed by atoms with Crippen LogP contribution >= 0.6 is 0 Å². The number of hydrogen-bond donors (Lipinski definition) is 2. The molecule has 0 spiro atoms. The van der Waals surface area contributed by atoms with Gasteiger partial charge in [0.2, 0.25) is 5.03 Å². The highest BCUT2D eigenvalue weighted by Crippen LogP contribution is 2.43. The van der Waals surface area contributed by atoms with Crippen LogP contribution in [0.15, 0.2) is 15.6 Å². The van der Waals surface area contributed by atoms with E-state index in [1.807, 2.05) is 0 Å². The molecule has 0 saturated heterocycles. The molecule has 2 amide bonds. The van der Waals surface area contributed by atoms with Gasteiger partial charge in [-0.05, 0) is 32.6 Å². The fraction of sp³-hybridized carbons (Fsp3) is 0.471. The SMILES string of the molecule is CCn1cc(F)c([S@](N)(=O)=NC(=O)Nc2c(C)c(C(F)(F)F)nc3c2[C@@H](C)CC3)n1. The van der Waals surface area contributed by atoms with Crippen molar-refractivity contribution < 1.29 is 26.6 Å².